The molecule has 1 aromatic heterocycles. The van der Waals surface area contributed by atoms with Crippen LogP contribution in [0.1, 0.15) is 11.5 Å². The molecule has 1 aromatic carbocycles. The fourth-order valence-corrected chi connectivity index (χ4v) is 1.41. The van der Waals surface area contributed by atoms with Gasteiger partial charge in [-0.15, -0.1) is 10.2 Å². The second-order valence-electron chi connectivity index (χ2n) is 3.70. The van der Waals surface area contributed by atoms with Crippen molar-refractivity contribution in [2.45, 2.75) is 13.5 Å². The first-order valence-electron chi connectivity index (χ1n) is 5.43. The highest BCUT2D eigenvalue weighted by Crippen LogP contribution is 2.18. The minimum atomic E-state index is -0.537. The number of hydrogen-bond donors (Lipinski definition) is 1. The quantitative estimate of drug-likeness (QED) is 0.896. The fraction of sp³-hybridized carbons (Fsp3) is 0.250. The molecule has 2 rings (SSSR count). The first kappa shape index (κ1) is 12.1. The lowest BCUT2D eigenvalue weighted by Gasteiger charge is -1.99. The highest BCUT2D eigenvalue weighted by atomic mass is 16.6. The Morgan fingerprint density at radius 1 is 1.44 bits per heavy atom. The zero-order chi connectivity index (χ0) is 13.0. The lowest BCUT2D eigenvalue weighted by Crippen LogP contribution is -2.18. The Hall–Kier alpha value is -2.37. The van der Waals surface area contributed by atoms with E-state index >= 15 is 0 Å². The van der Waals surface area contributed by atoms with Gasteiger partial charge in [-0.1, -0.05) is 17.7 Å². The number of nitrogens with one attached hydrogen (secondary N) is 1. The number of carbonyl (C=O) groups excluding carboxylic acids is 1. The SMILES string of the molecule is CNC(=O)OCc1nnc(-c2cccc(C)c2)o1. The number of aromatic nitrogens is 2. The van der Waals surface area contributed by atoms with Crippen molar-refractivity contribution in [3.05, 3.63) is 35.7 Å². The van der Waals surface area contributed by atoms with Gasteiger partial charge in [0.1, 0.15) is 0 Å². The van der Waals surface area contributed by atoms with E-state index in [1.165, 1.54) is 7.05 Å². The Balaban J connectivity index is 2.08. The smallest absolute Gasteiger partial charge is 0.407 e. The third kappa shape index (κ3) is 2.85. The molecule has 0 radical (unpaired) electrons. The number of carbonyl (C=O) groups is 1. The summed E-state index contributed by atoms with van der Waals surface area (Å²) in [6, 6.07) is 7.71. The fourth-order valence-electron chi connectivity index (χ4n) is 1.41. The van der Waals surface area contributed by atoms with Crippen LogP contribution in [0, 0.1) is 6.92 Å². The summed E-state index contributed by atoms with van der Waals surface area (Å²) in [6.45, 7) is 1.94. The van der Waals surface area contributed by atoms with Crippen LogP contribution in [0.3, 0.4) is 0 Å². The van der Waals surface area contributed by atoms with Crippen LogP contribution in [-0.2, 0) is 11.3 Å². The van der Waals surface area contributed by atoms with Crippen LogP contribution in [0.5, 0.6) is 0 Å². The maximum atomic E-state index is 10.9. The van der Waals surface area contributed by atoms with Gasteiger partial charge in [0.2, 0.25) is 5.89 Å². The highest BCUT2D eigenvalue weighted by molar-refractivity contribution is 5.66. The van der Waals surface area contributed by atoms with Gasteiger partial charge in [0.05, 0.1) is 0 Å². The van der Waals surface area contributed by atoms with Crippen molar-refractivity contribution in [3.8, 4) is 11.5 Å². The number of aryl methyl sites for hydroxylation is 1. The number of alkyl carbamates (subject to hydrolysis) is 1. The number of benzene rings is 1. The highest BCUT2D eigenvalue weighted by Gasteiger charge is 2.10. The molecular weight excluding hydrogens is 234 g/mol. The van der Waals surface area contributed by atoms with E-state index in [0.29, 0.717) is 5.89 Å². The van der Waals surface area contributed by atoms with Gasteiger partial charge in [-0.3, -0.25) is 0 Å². The Kier molecular flexibility index (Phi) is 3.57. The first-order chi connectivity index (χ1) is 8.69. The summed E-state index contributed by atoms with van der Waals surface area (Å²) < 4.78 is 10.2. The molecule has 0 unspecified atom stereocenters. The first-order valence-corrected chi connectivity index (χ1v) is 5.43. The molecule has 2 aromatic rings. The minimum Gasteiger partial charge on any atom is -0.439 e. The summed E-state index contributed by atoms with van der Waals surface area (Å²) in [4.78, 5) is 10.9. The average Bonchev–Trinajstić information content (AvgIpc) is 2.84. The van der Waals surface area contributed by atoms with Crippen molar-refractivity contribution in [1.82, 2.24) is 15.5 Å². The van der Waals surface area contributed by atoms with Crippen molar-refractivity contribution in [1.29, 1.82) is 0 Å². The molecule has 0 saturated heterocycles. The minimum absolute atomic E-state index is 0.0432. The third-order valence-corrected chi connectivity index (χ3v) is 2.26. The van der Waals surface area contributed by atoms with Crippen molar-refractivity contribution in [2.75, 3.05) is 7.05 Å². The van der Waals surface area contributed by atoms with Crippen molar-refractivity contribution in [3.63, 3.8) is 0 Å². The van der Waals surface area contributed by atoms with Crippen LogP contribution < -0.4 is 5.32 Å². The van der Waals surface area contributed by atoms with E-state index in [9.17, 15) is 4.79 Å². The Morgan fingerprint density at radius 3 is 3.00 bits per heavy atom. The number of ether oxygens (including phenoxy) is 1. The topological polar surface area (TPSA) is 77.2 Å². The second-order valence-corrected chi connectivity index (χ2v) is 3.70. The molecule has 1 amide bonds. The molecular formula is C12H13N3O3. The molecule has 0 aliphatic heterocycles. The molecule has 1 heterocycles. The van der Waals surface area contributed by atoms with Crippen LogP contribution in [0.4, 0.5) is 4.79 Å². The van der Waals surface area contributed by atoms with Crippen molar-refractivity contribution >= 4 is 6.09 Å². The Bertz CT molecular complexity index is 551. The van der Waals surface area contributed by atoms with E-state index in [1.54, 1.807) is 0 Å². The van der Waals surface area contributed by atoms with Gasteiger partial charge in [-0.05, 0) is 19.1 Å². The van der Waals surface area contributed by atoms with E-state index in [1.807, 2.05) is 31.2 Å². The molecule has 0 spiro atoms. The van der Waals surface area contributed by atoms with Crippen LogP contribution in [0.25, 0.3) is 11.5 Å². The van der Waals surface area contributed by atoms with Crippen LogP contribution >= 0.6 is 0 Å². The normalized spacial score (nSPS) is 10.1. The molecule has 6 nitrogen and oxygen atoms in total. The Labute approximate surface area is 104 Å². The monoisotopic (exact) mass is 247 g/mol. The predicted molar refractivity (Wildman–Crippen MR) is 63.7 cm³/mol. The molecule has 18 heavy (non-hydrogen) atoms. The number of nitrogens with zero attached hydrogens (tertiary/aromatic N) is 2. The van der Waals surface area contributed by atoms with Gasteiger partial charge >= 0.3 is 6.09 Å². The summed E-state index contributed by atoms with van der Waals surface area (Å²) in [6.07, 6.45) is -0.537. The van der Waals surface area contributed by atoms with E-state index < -0.39 is 6.09 Å². The third-order valence-electron chi connectivity index (χ3n) is 2.26. The number of rotatable bonds is 3. The summed E-state index contributed by atoms with van der Waals surface area (Å²) >= 11 is 0. The maximum absolute atomic E-state index is 10.9. The van der Waals surface area contributed by atoms with Gasteiger partial charge in [0, 0.05) is 12.6 Å². The molecule has 0 saturated carbocycles. The second kappa shape index (κ2) is 5.31. The molecule has 0 aliphatic rings. The summed E-state index contributed by atoms with van der Waals surface area (Å²) in [5, 5.41) is 10.0. The number of amides is 1. The molecule has 0 atom stereocenters. The summed E-state index contributed by atoms with van der Waals surface area (Å²) in [5.41, 5.74) is 1.95. The summed E-state index contributed by atoms with van der Waals surface area (Å²) in [5.74, 6) is 0.671. The molecule has 0 aliphatic carbocycles. The lowest BCUT2D eigenvalue weighted by molar-refractivity contribution is 0.131. The zero-order valence-corrected chi connectivity index (χ0v) is 10.1. The molecule has 1 N–H and O–H groups in total. The standard InChI is InChI=1S/C12H13N3O3/c1-8-4-3-5-9(6-8)11-15-14-10(18-11)7-17-12(16)13-2/h3-6H,7H2,1-2H3,(H,13,16). The molecule has 0 bridgehead atoms. The lowest BCUT2D eigenvalue weighted by atomic mass is 10.1. The molecule has 6 heteroatoms. The van der Waals surface area contributed by atoms with Gasteiger partial charge < -0.3 is 14.5 Å². The molecule has 0 fully saturated rings. The average molecular weight is 247 g/mol. The van der Waals surface area contributed by atoms with Crippen LogP contribution in [-0.4, -0.2) is 23.3 Å². The van der Waals surface area contributed by atoms with Crippen molar-refractivity contribution in [2.24, 2.45) is 0 Å². The predicted octanol–water partition coefficient (Wildman–Crippen LogP) is 1.90. The van der Waals surface area contributed by atoms with E-state index in [2.05, 4.69) is 15.5 Å². The Morgan fingerprint density at radius 2 is 2.28 bits per heavy atom. The van der Waals surface area contributed by atoms with Crippen molar-refractivity contribution < 1.29 is 13.9 Å². The molecule has 94 valence electrons. The number of hydrogen-bond acceptors (Lipinski definition) is 5. The van der Waals surface area contributed by atoms with Gasteiger partial charge in [0.15, 0.2) is 6.61 Å². The van der Waals surface area contributed by atoms with Gasteiger partial charge in [-0.25, -0.2) is 4.79 Å². The van der Waals surface area contributed by atoms with E-state index in [4.69, 9.17) is 9.15 Å². The van der Waals surface area contributed by atoms with Crippen LogP contribution in [0.2, 0.25) is 0 Å². The zero-order valence-electron chi connectivity index (χ0n) is 10.1. The van der Waals surface area contributed by atoms with Gasteiger partial charge in [-0.2, -0.15) is 0 Å². The van der Waals surface area contributed by atoms with Crippen LogP contribution in [0.15, 0.2) is 28.7 Å². The van der Waals surface area contributed by atoms with E-state index in [-0.39, 0.29) is 12.5 Å². The summed E-state index contributed by atoms with van der Waals surface area (Å²) in [7, 11) is 1.48. The van der Waals surface area contributed by atoms with E-state index in [0.717, 1.165) is 11.1 Å². The largest absolute Gasteiger partial charge is 0.439 e. The maximum Gasteiger partial charge on any atom is 0.407 e. The van der Waals surface area contributed by atoms with Gasteiger partial charge in [0.25, 0.3) is 5.89 Å².